The zero-order valence-corrected chi connectivity index (χ0v) is 11.9. The molecule has 3 fully saturated rings. The molecular weight excluding hydrogens is 290 g/mol. The molecule has 3 aliphatic rings. The molecule has 2 aliphatic heterocycles. The molecule has 0 aromatic heterocycles. The van der Waals surface area contributed by atoms with Crippen molar-refractivity contribution in [2.75, 3.05) is 26.2 Å². The fraction of sp³-hybridized carbons (Fsp3) is 0.769. The maximum absolute atomic E-state index is 13.7. The van der Waals surface area contributed by atoms with Gasteiger partial charge in [0.2, 0.25) is 0 Å². The van der Waals surface area contributed by atoms with Gasteiger partial charge in [0.15, 0.2) is 0 Å². The predicted molar refractivity (Wildman–Crippen MR) is 72.2 cm³/mol. The van der Waals surface area contributed by atoms with Crippen LogP contribution in [0.5, 0.6) is 0 Å². The molecule has 0 bridgehead atoms. The molecule has 2 atom stereocenters. The van der Waals surface area contributed by atoms with Crippen molar-refractivity contribution in [3.05, 3.63) is 12.7 Å². The molecule has 0 aromatic carbocycles. The first-order valence-electron chi connectivity index (χ1n) is 6.64. The third kappa shape index (κ3) is 2.34. The second-order valence-corrected chi connectivity index (χ2v) is 5.68. The van der Waals surface area contributed by atoms with E-state index in [1.807, 2.05) is 4.90 Å². The Labute approximate surface area is 122 Å². The summed E-state index contributed by atoms with van der Waals surface area (Å²) in [4.78, 5) is 13.9. The average Bonchev–Trinajstić information content (AvgIpc) is 2.98. The van der Waals surface area contributed by atoms with Gasteiger partial charge in [0.05, 0.1) is 12.5 Å². The van der Waals surface area contributed by atoms with Gasteiger partial charge in [0.1, 0.15) is 12.1 Å². The molecule has 1 saturated carbocycles. The van der Waals surface area contributed by atoms with Crippen LogP contribution in [0.15, 0.2) is 12.7 Å². The topological polar surface area (TPSA) is 41.6 Å². The molecule has 4 nitrogen and oxygen atoms in total. The molecule has 1 N–H and O–H groups in total. The number of ether oxygens (including phenoxy) is 1. The number of fused-ring (bicyclic) bond motifs is 1. The van der Waals surface area contributed by atoms with E-state index < -0.39 is 17.4 Å². The first kappa shape index (κ1) is 15.7. The van der Waals surface area contributed by atoms with E-state index in [0.29, 0.717) is 19.4 Å². The molecule has 2 saturated heterocycles. The van der Waals surface area contributed by atoms with E-state index in [2.05, 4.69) is 11.9 Å². The van der Waals surface area contributed by atoms with Gasteiger partial charge in [-0.05, 0) is 12.8 Å². The number of hydrogen-bond acceptors (Lipinski definition) is 4. The molecule has 20 heavy (non-hydrogen) atoms. The SMILES string of the molecule is C=CCOC(=O)C1(N2C[C@@H]3NCC(F)(F)[C@@H]3C2)CC1.Cl. The number of esters is 1. The van der Waals surface area contributed by atoms with E-state index in [9.17, 15) is 13.6 Å². The first-order valence-corrected chi connectivity index (χ1v) is 6.64. The Hall–Kier alpha value is -0.720. The smallest absolute Gasteiger partial charge is 0.326 e. The molecular formula is C13H19ClF2N2O2. The van der Waals surface area contributed by atoms with Crippen LogP contribution in [0.1, 0.15) is 12.8 Å². The Morgan fingerprint density at radius 3 is 2.70 bits per heavy atom. The van der Waals surface area contributed by atoms with Crippen LogP contribution in [0.25, 0.3) is 0 Å². The van der Waals surface area contributed by atoms with Gasteiger partial charge in [-0.25, -0.2) is 8.78 Å². The molecule has 1 aliphatic carbocycles. The molecule has 0 spiro atoms. The fourth-order valence-corrected chi connectivity index (χ4v) is 3.22. The number of nitrogens with one attached hydrogen (secondary N) is 1. The molecule has 3 rings (SSSR count). The largest absolute Gasteiger partial charge is 0.460 e. The summed E-state index contributed by atoms with van der Waals surface area (Å²) in [6, 6.07) is -0.209. The van der Waals surface area contributed by atoms with Gasteiger partial charge in [0.25, 0.3) is 5.92 Å². The quantitative estimate of drug-likeness (QED) is 0.626. The monoisotopic (exact) mass is 308 g/mol. The summed E-state index contributed by atoms with van der Waals surface area (Å²) in [5, 5.41) is 2.86. The van der Waals surface area contributed by atoms with Gasteiger partial charge >= 0.3 is 5.97 Å². The van der Waals surface area contributed by atoms with Crippen LogP contribution in [0, 0.1) is 5.92 Å². The van der Waals surface area contributed by atoms with E-state index >= 15 is 0 Å². The number of halogens is 3. The van der Waals surface area contributed by atoms with E-state index in [1.165, 1.54) is 6.08 Å². The van der Waals surface area contributed by atoms with Gasteiger partial charge in [-0.2, -0.15) is 0 Å². The highest BCUT2D eigenvalue weighted by Gasteiger charge is 2.63. The molecule has 2 heterocycles. The van der Waals surface area contributed by atoms with Gasteiger partial charge in [-0.3, -0.25) is 9.69 Å². The van der Waals surface area contributed by atoms with Crippen molar-refractivity contribution in [3.63, 3.8) is 0 Å². The third-order valence-electron chi connectivity index (χ3n) is 4.50. The van der Waals surface area contributed by atoms with Crippen molar-refractivity contribution in [3.8, 4) is 0 Å². The normalized spacial score (nSPS) is 33.1. The second kappa shape index (κ2) is 5.24. The maximum atomic E-state index is 13.7. The lowest BCUT2D eigenvalue weighted by Crippen LogP contribution is -2.46. The van der Waals surface area contributed by atoms with Crippen molar-refractivity contribution in [1.82, 2.24) is 10.2 Å². The third-order valence-corrected chi connectivity index (χ3v) is 4.50. The summed E-state index contributed by atoms with van der Waals surface area (Å²) in [6.45, 7) is 4.20. The number of rotatable bonds is 4. The van der Waals surface area contributed by atoms with Gasteiger partial charge < -0.3 is 10.1 Å². The maximum Gasteiger partial charge on any atom is 0.326 e. The Kier molecular flexibility index (Phi) is 4.10. The summed E-state index contributed by atoms with van der Waals surface area (Å²) < 4.78 is 32.4. The number of carbonyl (C=O) groups is 1. The lowest BCUT2D eigenvalue weighted by Gasteiger charge is -2.27. The van der Waals surface area contributed by atoms with Gasteiger partial charge in [0, 0.05) is 19.1 Å². The Balaban J connectivity index is 0.00000147. The highest BCUT2D eigenvalue weighted by molar-refractivity contribution is 5.85. The Bertz CT molecular complexity index is 415. The number of nitrogens with zero attached hydrogens (tertiary/aromatic N) is 1. The minimum absolute atomic E-state index is 0. The molecule has 0 unspecified atom stereocenters. The molecule has 0 amide bonds. The number of carbonyl (C=O) groups excluding carboxylic acids is 1. The molecule has 114 valence electrons. The molecule has 0 aromatic rings. The zero-order chi connectivity index (χ0) is 13.7. The van der Waals surface area contributed by atoms with Crippen LogP contribution >= 0.6 is 12.4 Å². The Morgan fingerprint density at radius 1 is 1.45 bits per heavy atom. The van der Waals surface area contributed by atoms with Crippen LogP contribution in [-0.4, -0.2) is 54.6 Å². The summed E-state index contributed by atoms with van der Waals surface area (Å²) in [5.74, 6) is -3.64. The van der Waals surface area contributed by atoms with Crippen molar-refractivity contribution < 1.29 is 18.3 Å². The van der Waals surface area contributed by atoms with Gasteiger partial charge in [-0.15, -0.1) is 12.4 Å². The summed E-state index contributed by atoms with van der Waals surface area (Å²) in [7, 11) is 0. The standard InChI is InChI=1S/C13H18F2N2O2.ClH/c1-2-5-19-11(18)12(3-4-12)17-6-9-10(7-17)16-8-13(9,14)15;/h2,9-10,16H,1,3-8H2;1H/t9-,10+;/m1./s1. The minimum atomic E-state index is -2.67. The second-order valence-electron chi connectivity index (χ2n) is 5.68. The Morgan fingerprint density at radius 2 is 2.15 bits per heavy atom. The lowest BCUT2D eigenvalue weighted by molar-refractivity contribution is -0.150. The van der Waals surface area contributed by atoms with Crippen LogP contribution in [0.4, 0.5) is 8.78 Å². The van der Waals surface area contributed by atoms with Gasteiger partial charge in [-0.1, -0.05) is 12.7 Å². The zero-order valence-electron chi connectivity index (χ0n) is 11.1. The van der Waals surface area contributed by atoms with E-state index in [1.54, 1.807) is 0 Å². The average molecular weight is 309 g/mol. The molecule has 0 radical (unpaired) electrons. The van der Waals surface area contributed by atoms with E-state index in [4.69, 9.17) is 4.74 Å². The number of likely N-dealkylation sites (tertiary alicyclic amines) is 1. The van der Waals surface area contributed by atoms with Crippen LogP contribution in [-0.2, 0) is 9.53 Å². The summed E-state index contributed by atoms with van der Waals surface area (Å²) in [6.07, 6.45) is 2.92. The van der Waals surface area contributed by atoms with Crippen LogP contribution < -0.4 is 5.32 Å². The summed E-state index contributed by atoms with van der Waals surface area (Å²) in [5.41, 5.74) is -0.648. The van der Waals surface area contributed by atoms with Crippen LogP contribution in [0.3, 0.4) is 0 Å². The fourth-order valence-electron chi connectivity index (χ4n) is 3.22. The molecule has 7 heteroatoms. The van der Waals surface area contributed by atoms with E-state index in [0.717, 1.165) is 0 Å². The van der Waals surface area contributed by atoms with Crippen molar-refractivity contribution in [1.29, 1.82) is 0 Å². The van der Waals surface area contributed by atoms with Crippen molar-refractivity contribution >= 4 is 18.4 Å². The van der Waals surface area contributed by atoms with Crippen molar-refractivity contribution in [2.24, 2.45) is 5.92 Å². The highest BCUT2D eigenvalue weighted by Crippen LogP contribution is 2.48. The summed E-state index contributed by atoms with van der Waals surface area (Å²) >= 11 is 0. The number of alkyl halides is 2. The minimum Gasteiger partial charge on any atom is -0.460 e. The number of hydrogen-bond donors (Lipinski definition) is 1. The lowest BCUT2D eigenvalue weighted by atomic mass is 10.0. The van der Waals surface area contributed by atoms with E-state index in [-0.39, 0.29) is 44.1 Å². The predicted octanol–water partition coefficient (Wildman–Crippen LogP) is 1.21. The first-order chi connectivity index (χ1) is 8.99. The highest BCUT2D eigenvalue weighted by atomic mass is 35.5. The van der Waals surface area contributed by atoms with Crippen LogP contribution in [0.2, 0.25) is 0 Å². The van der Waals surface area contributed by atoms with Crippen molar-refractivity contribution in [2.45, 2.75) is 30.3 Å².